The molecule has 0 aromatic rings. The molecule has 0 saturated heterocycles. The third-order valence-electron chi connectivity index (χ3n) is 3.60. The molecule has 0 fully saturated rings. The van der Waals surface area contributed by atoms with E-state index in [1.165, 1.54) is 0 Å². The van der Waals surface area contributed by atoms with Gasteiger partial charge < -0.3 is 14.7 Å². The van der Waals surface area contributed by atoms with Gasteiger partial charge >= 0.3 is 6.09 Å². The number of hydrogen-bond acceptors (Lipinski definition) is 3. The van der Waals surface area contributed by atoms with Crippen LogP contribution in [0.3, 0.4) is 0 Å². The van der Waals surface area contributed by atoms with Crippen molar-refractivity contribution >= 4 is 6.09 Å². The average Bonchev–Trinajstić information content (AvgIpc) is 2.45. The van der Waals surface area contributed by atoms with Gasteiger partial charge in [-0.1, -0.05) is 47.0 Å². The van der Waals surface area contributed by atoms with E-state index in [1.807, 2.05) is 6.92 Å². The topological polar surface area (TPSA) is 49.8 Å². The van der Waals surface area contributed by atoms with E-state index in [-0.39, 0.29) is 18.1 Å². The molecule has 1 N–H and O–H groups in total. The van der Waals surface area contributed by atoms with Crippen molar-refractivity contribution in [2.75, 3.05) is 26.3 Å². The maximum absolute atomic E-state index is 12.1. The van der Waals surface area contributed by atoms with Gasteiger partial charge in [-0.2, -0.15) is 0 Å². The summed E-state index contributed by atoms with van der Waals surface area (Å²) in [5.74, 6) is 0. The average molecular weight is 287 g/mol. The van der Waals surface area contributed by atoms with E-state index < -0.39 is 0 Å². The first kappa shape index (κ1) is 19.2. The van der Waals surface area contributed by atoms with Gasteiger partial charge in [0.15, 0.2) is 0 Å². The van der Waals surface area contributed by atoms with Gasteiger partial charge in [0.2, 0.25) is 0 Å². The molecule has 0 aliphatic carbocycles. The summed E-state index contributed by atoms with van der Waals surface area (Å²) in [5, 5.41) is 9.45. The summed E-state index contributed by atoms with van der Waals surface area (Å²) in [4.78, 5) is 13.9. The Morgan fingerprint density at radius 2 is 1.65 bits per heavy atom. The summed E-state index contributed by atoms with van der Waals surface area (Å²) >= 11 is 0. The highest BCUT2D eigenvalue weighted by Gasteiger charge is 2.25. The molecule has 1 amide bonds. The lowest BCUT2D eigenvalue weighted by molar-refractivity contribution is 0.0270. The molecular formula is C16H33NO3. The van der Waals surface area contributed by atoms with Crippen LogP contribution in [0, 0.1) is 5.41 Å². The predicted octanol–water partition coefficient (Wildman–Crippen LogP) is 3.82. The van der Waals surface area contributed by atoms with Crippen LogP contribution in [0.25, 0.3) is 0 Å². The highest BCUT2D eigenvalue weighted by Crippen LogP contribution is 2.23. The number of nitrogens with zero attached hydrogens (tertiary/aromatic N) is 1. The van der Waals surface area contributed by atoms with Crippen LogP contribution in [0.1, 0.15) is 66.2 Å². The highest BCUT2D eigenvalue weighted by molar-refractivity contribution is 5.67. The molecule has 0 spiro atoms. The lowest BCUT2D eigenvalue weighted by Crippen LogP contribution is -2.37. The molecule has 0 aliphatic rings. The fourth-order valence-electron chi connectivity index (χ4n) is 2.12. The molecule has 0 aromatic heterocycles. The normalized spacial score (nSPS) is 13.8. The summed E-state index contributed by atoms with van der Waals surface area (Å²) in [6.45, 7) is 10.2. The van der Waals surface area contributed by atoms with Crippen molar-refractivity contribution in [1.29, 1.82) is 0 Å². The third kappa shape index (κ3) is 7.73. The number of carbonyl (C=O) groups excluding carboxylic acids is 1. The van der Waals surface area contributed by atoms with Gasteiger partial charge in [-0.05, 0) is 19.3 Å². The van der Waals surface area contributed by atoms with Gasteiger partial charge in [0, 0.05) is 18.5 Å². The van der Waals surface area contributed by atoms with Crippen molar-refractivity contribution in [3.63, 3.8) is 0 Å². The SMILES string of the molecule is CCCCN(CCCC)C(=O)OCC(C)(CO)CCC. The fraction of sp³-hybridized carbons (Fsp3) is 0.938. The molecule has 0 aromatic carbocycles. The van der Waals surface area contributed by atoms with Crippen LogP contribution in [0.4, 0.5) is 4.79 Å². The zero-order chi connectivity index (χ0) is 15.4. The van der Waals surface area contributed by atoms with E-state index in [4.69, 9.17) is 4.74 Å². The molecule has 0 radical (unpaired) electrons. The van der Waals surface area contributed by atoms with Crippen molar-refractivity contribution in [2.24, 2.45) is 5.41 Å². The maximum atomic E-state index is 12.1. The Kier molecular flexibility index (Phi) is 10.5. The first-order valence-corrected chi connectivity index (χ1v) is 8.05. The lowest BCUT2D eigenvalue weighted by atomic mass is 9.88. The summed E-state index contributed by atoms with van der Waals surface area (Å²) in [7, 11) is 0. The molecule has 0 saturated carbocycles. The second-order valence-electron chi connectivity index (χ2n) is 5.97. The molecule has 120 valence electrons. The molecule has 0 bridgehead atoms. The summed E-state index contributed by atoms with van der Waals surface area (Å²) in [6.07, 6.45) is 5.75. The Labute approximate surface area is 124 Å². The minimum absolute atomic E-state index is 0.0536. The van der Waals surface area contributed by atoms with Crippen LogP contribution >= 0.6 is 0 Å². The van der Waals surface area contributed by atoms with Crippen LogP contribution in [-0.2, 0) is 4.74 Å². The molecule has 1 atom stereocenters. The Hall–Kier alpha value is -0.770. The second kappa shape index (κ2) is 11.0. The number of hydrogen-bond donors (Lipinski definition) is 1. The van der Waals surface area contributed by atoms with E-state index >= 15 is 0 Å². The van der Waals surface area contributed by atoms with E-state index in [0.717, 1.165) is 51.6 Å². The number of amides is 1. The molecular weight excluding hydrogens is 254 g/mol. The molecule has 4 heteroatoms. The number of rotatable bonds is 11. The van der Waals surface area contributed by atoms with Crippen LogP contribution in [0.5, 0.6) is 0 Å². The first-order chi connectivity index (χ1) is 9.52. The van der Waals surface area contributed by atoms with Crippen molar-refractivity contribution in [1.82, 2.24) is 4.90 Å². The lowest BCUT2D eigenvalue weighted by Gasteiger charge is -2.28. The van der Waals surface area contributed by atoms with Gasteiger partial charge in [-0.15, -0.1) is 0 Å². The van der Waals surface area contributed by atoms with Crippen LogP contribution in [0.2, 0.25) is 0 Å². The standard InChI is InChI=1S/C16H33NO3/c1-5-8-11-17(12-9-6-2)15(19)20-14-16(4,13-18)10-7-3/h18H,5-14H2,1-4H3. The Balaban J connectivity index is 4.35. The van der Waals surface area contributed by atoms with Crippen LogP contribution in [-0.4, -0.2) is 42.4 Å². The zero-order valence-corrected chi connectivity index (χ0v) is 13.8. The molecule has 0 rings (SSSR count). The summed E-state index contributed by atoms with van der Waals surface area (Å²) in [5.41, 5.74) is -0.314. The maximum Gasteiger partial charge on any atom is 0.409 e. The molecule has 4 nitrogen and oxygen atoms in total. The van der Waals surface area contributed by atoms with Gasteiger partial charge in [0.1, 0.15) is 6.61 Å². The predicted molar refractivity (Wildman–Crippen MR) is 82.8 cm³/mol. The summed E-state index contributed by atoms with van der Waals surface area (Å²) in [6, 6.07) is 0. The van der Waals surface area contributed by atoms with E-state index in [9.17, 15) is 9.90 Å². The fourth-order valence-corrected chi connectivity index (χ4v) is 2.12. The van der Waals surface area contributed by atoms with Crippen molar-refractivity contribution in [3.05, 3.63) is 0 Å². The van der Waals surface area contributed by atoms with Gasteiger partial charge in [-0.25, -0.2) is 4.79 Å². The van der Waals surface area contributed by atoms with Gasteiger partial charge in [0.25, 0.3) is 0 Å². The highest BCUT2D eigenvalue weighted by atomic mass is 16.6. The van der Waals surface area contributed by atoms with Gasteiger partial charge in [-0.3, -0.25) is 0 Å². The molecule has 1 unspecified atom stereocenters. The Morgan fingerprint density at radius 3 is 2.05 bits per heavy atom. The zero-order valence-electron chi connectivity index (χ0n) is 13.8. The molecule has 0 heterocycles. The monoisotopic (exact) mass is 287 g/mol. The van der Waals surface area contributed by atoms with Crippen molar-refractivity contribution in [3.8, 4) is 0 Å². The largest absolute Gasteiger partial charge is 0.449 e. The smallest absolute Gasteiger partial charge is 0.409 e. The minimum atomic E-state index is -0.314. The number of ether oxygens (including phenoxy) is 1. The second-order valence-corrected chi connectivity index (χ2v) is 5.97. The minimum Gasteiger partial charge on any atom is -0.449 e. The molecule has 0 aliphatic heterocycles. The Bertz CT molecular complexity index is 250. The molecule has 20 heavy (non-hydrogen) atoms. The van der Waals surface area contributed by atoms with Crippen molar-refractivity contribution in [2.45, 2.75) is 66.2 Å². The number of carbonyl (C=O) groups is 1. The first-order valence-electron chi connectivity index (χ1n) is 8.05. The van der Waals surface area contributed by atoms with E-state index in [0.29, 0.717) is 6.61 Å². The summed E-state index contributed by atoms with van der Waals surface area (Å²) < 4.78 is 5.43. The third-order valence-corrected chi connectivity index (χ3v) is 3.60. The quantitative estimate of drug-likeness (QED) is 0.628. The van der Waals surface area contributed by atoms with Crippen molar-refractivity contribution < 1.29 is 14.6 Å². The number of aliphatic hydroxyl groups excluding tert-OH is 1. The van der Waals surface area contributed by atoms with E-state index in [1.54, 1.807) is 4.90 Å². The number of aliphatic hydroxyl groups is 1. The van der Waals surface area contributed by atoms with Gasteiger partial charge in [0.05, 0.1) is 6.61 Å². The van der Waals surface area contributed by atoms with Crippen LogP contribution in [0.15, 0.2) is 0 Å². The van der Waals surface area contributed by atoms with Crippen LogP contribution < -0.4 is 0 Å². The Morgan fingerprint density at radius 1 is 1.10 bits per heavy atom. The number of unbranched alkanes of at least 4 members (excludes halogenated alkanes) is 2. The van der Waals surface area contributed by atoms with E-state index in [2.05, 4.69) is 20.8 Å².